The molecule has 0 spiro atoms. The summed E-state index contributed by atoms with van der Waals surface area (Å²) in [6, 6.07) is 11.3. The number of nitrogens with one attached hydrogen (secondary N) is 2. The number of amides is 2. The molecule has 2 aromatic rings. The summed E-state index contributed by atoms with van der Waals surface area (Å²) in [6.07, 6.45) is 1.36. The number of ether oxygens (including phenoxy) is 1. The predicted octanol–water partition coefficient (Wildman–Crippen LogP) is 2.74. The highest BCUT2D eigenvalue weighted by atomic mass is 16.5. The number of furan rings is 1. The van der Waals surface area contributed by atoms with Gasteiger partial charge in [-0.1, -0.05) is 26.0 Å². The van der Waals surface area contributed by atoms with Crippen LogP contribution in [-0.4, -0.2) is 29.9 Å². The number of para-hydroxylation sites is 1. The van der Waals surface area contributed by atoms with Crippen molar-refractivity contribution in [2.24, 2.45) is 5.92 Å². The summed E-state index contributed by atoms with van der Waals surface area (Å²) < 4.78 is 10.1. The summed E-state index contributed by atoms with van der Waals surface area (Å²) in [5.41, 5.74) is -0.765. The summed E-state index contributed by atoms with van der Waals surface area (Å²) in [7, 11) is 0. The molecule has 2 amide bonds. The van der Waals surface area contributed by atoms with Crippen molar-refractivity contribution in [1.29, 1.82) is 5.26 Å². The zero-order valence-corrected chi connectivity index (χ0v) is 15.8. The van der Waals surface area contributed by atoms with Gasteiger partial charge in [0.1, 0.15) is 5.54 Å². The van der Waals surface area contributed by atoms with Gasteiger partial charge < -0.3 is 19.8 Å². The monoisotopic (exact) mass is 383 g/mol. The average Bonchev–Trinajstić information content (AvgIpc) is 3.21. The van der Waals surface area contributed by atoms with Crippen LogP contribution in [-0.2, 0) is 9.53 Å². The van der Waals surface area contributed by atoms with Crippen molar-refractivity contribution in [3.63, 3.8) is 0 Å². The van der Waals surface area contributed by atoms with Crippen molar-refractivity contribution in [3.8, 4) is 6.07 Å². The van der Waals surface area contributed by atoms with Gasteiger partial charge in [0.15, 0.2) is 12.4 Å². The molecule has 0 saturated carbocycles. The molecule has 8 heteroatoms. The fourth-order valence-electron chi connectivity index (χ4n) is 2.20. The lowest BCUT2D eigenvalue weighted by atomic mass is 9.90. The van der Waals surface area contributed by atoms with E-state index >= 15 is 0 Å². The van der Waals surface area contributed by atoms with E-state index in [-0.39, 0.29) is 22.9 Å². The molecule has 146 valence electrons. The minimum atomic E-state index is -1.07. The van der Waals surface area contributed by atoms with Crippen molar-refractivity contribution in [2.45, 2.75) is 26.3 Å². The number of hydrogen-bond acceptors (Lipinski definition) is 6. The van der Waals surface area contributed by atoms with Crippen LogP contribution in [0.2, 0.25) is 0 Å². The first kappa shape index (κ1) is 20.7. The van der Waals surface area contributed by atoms with Gasteiger partial charge in [0.2, 0.25) is 0 Å². The predicted molar refractivity (Wildman–Crippen MR) is 100 cm³/mol. The van der Waals surface area contributed by atoms with Crippen molar-refractivity contribution < 1.29 is 23.5 Å². The smallest absolute Gasteiger partial charge is 0.340 e. The molecule has 1 heterocycles. The molecule has 0 aliphatic carbocycles. The first-order valence-corrected chi connectivity index (χ1v) is 8.60. The molecule has 2 rings (SSSR count). The molecular weight excluding hydrogens is 362 g/mol. The van der Waals surface area contributed by atoms with Crippen LogP contribution in [0.4, 0.5) is 5.69 Å². The fourth-order valence-corrected chi connectivity index (χ4v) is 2.20. The highest BCUT2D eigenvalue weighted by Gasteiger charge is 2.30. The van der Waals surface area contributed by atoms with Gasteiger partial charge >= 0.3 is 5.97 Å². The summed E-state index contributed by atoms with van der Waals surface area (Å²) in [6.45, 7) is 4.64. The second kappa shape index (κ2) is 8.86. The van der Waals surface area contributed by atoms with Crippen molar-refractivity contribution in [2.75, 3.05) is 11.9 Å². The second-order valence-corrected chi connectivity index (χ2v) is 6.57. The molecule has 1 atom stereocenters. The average molecular weight is 383 g/mol. The molecule has 1 aromatic heterocycles. The summed E-state index contributed by atoms with van der Waals surface area (Å²) in [5, 5.41) is 14.4. The Bertz CT molecular complexity index is 899. The summed E-state index contributed by atoms with van der Waals surface area (Å²) in [4.78, 5) is 36.5. The minimum Gasteiger partial charge on any atom is -0.459 e. The third-order valence-corrected chi connectivity index (χ3v) is 4.26. The van der Waals surface area contributed by atoms with Crippen LogP contribution in [0.1, 0.15) is 41.7 Å². The molecule has 2 N–H and O–H groups in total. The van der Waals surface area contributed by atoms with Crippen LogP contribution in [0.15, 0.2) is 47.1 Å². The van der Waals surface area contributed by atoms with Crippen LogP contribution < -0.4 is 10.6 Å². The molecular formula is C20H21N3O5. The Morgan fingerprint density at radius 3 is 2.54 bits per heavy atom. The van der Waals surface area contributed by atoms with Gasteiger partial charge in [0.05, 0.1) is 23.6 Å². The Balaban J connectivity index is 2.02. The van der Waals surface area contributed by atoms with E-state index in [4.69, 9.17) is 9.15 Å². The van der Waals surface area contributed by atoms with E-state index in [2.05, 4.69) is 10.6 Å². The van der Waals surface area contributed by atoms with Gasteiger partial charge in [-0.2, -0.15) is 5.26 Å². The lowest BCUT2D eigenvalue weighted by molar-refractivity contribution is -0.125. The molecule has 0 aliphatic rings. The third-order valence-electron chi connectivity index (χ3n) is 4.26. The Hall–Kier alpha value is -3.60. The molecule has 0 bridgehead atoms. The molecule has 28 heavy (non-hydrogen) atoms. The largest absolute Gasteiger partial charge is 0.459 e. The zero-order chi connectivity index (χ0) is 20.7. The maximum Gasteiger partial charge on any atom is 0.340 e. The number of esters is 1. The van der Waals surface area contributed by atoms with Crippen LogP contribution in [0, 0.1) is 17.2 Å². The van der Waals surface area contributed by atoms with Crippen molar-refractivity contribution in [3.05, 3.63) is 54.0 Å². The zero-order valence-electron chi connectivity index (χ0n) is 15.8. The Kier molecular flexibility index (Phi) is 6.55. The molecule has 0 aliphatic heterocycles. The highest BCUT2D eigenvalue weighted by Crippen LogP contribution is 2.18. The highest BCUT2D eigenvalue weighted by molar-refractivity contribution is 6.06. The van der Waals surface area contributed by atoms with E-state index in [1.807, 2.05) is 6.07 Å². The topological polar surface area (TPSA) is 121 Å². The first-order valence-electron chi connectivity index (χ1n) is 8.60. The van der Waals surface area contributed by atoms with E-state index < -0.39 is 29.9 Å². The number of rotatable bonds is 7. The molecule has 8 nitrogen and oxygen atoms in total. The second-order valence-electron chi connectivity index (χ2n) is 6.57. The number of hydrogen-bond donors (Lipinski definition) is 2. The summed E-state index contributed by atoms with van der Waals surface area (Å²) in [5.74, 6) is -1.94. The number of carbonyl (C=O) groups excluding carboxylic acids is 3. The fraction of sp³-hybridized carbons (Fsp3) is 0.300. The van der Waals surface area contributed by atoms with E-state index in [0.29, 0.717) is 0 Å². The van der Waals surface area contributed by atoms with Crippen LogP contribution >= 0.6 is 0 Å². The lowest BCUT2D eigenvalue weighted by Gasteiger charge is -2.27. The number of carbonyl (C=O) groups is 3. The minimum absolute atomic E-state index is 0.0853. The van der Waals surface area contributed by atoms with Crippen molar-refractivity contribution in [1.82, 2.24) is 5.32 Å². The molecule has 0 radical (unpaired) electrons. The third kappa shape index (κ3) is 4.98. The number of benzene rings is 1. The van der Waals surface area contributed by atoms with Crippen LogP contribution in [0.5, 0.6) is 0 Å². The van der Waals surface area contributed by atoms with E-state index in [1.54, 1.807) is 39.0 Å². The Morgan fingerprint density at radius 1 is 1.21 bits per heavy atom. The van der Waals surface area contributed by atoms with Gasteiger partial charge in [0, 0.05) is 0 Å². The van der Waals surface area contributed by atoms with Crippen LogP contribution in [0.3, 0.4) is 0 Å². The molecule has 0 fully saturated rings. The van der Waals surface area contributed by atoms with E-state index in [1.165, 1.54) is 24.5 Å². The van der Waals surface area contributed by atoms with Gasteiger partial charge in [0.25, 0.3) is 11.8 Å². The number of nitriles is 1. The molecule has 0 unspecified atom stereocenters. The summed E-state index contributed by atoms with van der Waals surface area (Å²) >= 11 is 0. The molecule has 1 aromatic carbocycles. The van der Waals surface area contributed by atoms with Gasteiger partial charge in [-0.15, -0.1) is 0 Å². The van der Waals surface area contributed by atoms with E-state index in [9.17, 15) is 19.6 Å². The number of anilines is 1. The quantitative estimate of drug-likeness (QED) is 0.709. The van der Waals surface area contributed by atoms with E-state index in [0.717, 1.165) is 0 Å². The Morgan fingerprint density at radius 2 is 1.93 bits per heavy atom. The maximum atomic E-state index is 12.4. The maximum absolute atomic E-state index is 12.4. The standard InChI is InChI=1S/C20H21N3O5/c1-13(2)20(3,12-21)23-17(24)11-28-19(26)14-7-4-5-8-15(14)22-18(25)16-9-6-10-27-16/h4-10,13H,11H2,1-3H3,(H,22,25)(H,23,24)/t20-/m1/s1. The van der Waals surface area contributed by atoms with Gasteiger partial charge in [-0.05, 0) is 37.1 Å². The van der Waals surface area contributed by atoms with Gasteiger partial charge in [-0.3, -0.25) is 9.59 Å². The number of nitrogens with zero attached hydrogens (tertiary/aromatic N) is 1. The Labute approximate surface area is 162 Å². The molecule has 0 saturated heterocycles. The van der Waals surface area contributed by atoms with Gasteiger partial charge in [-0.25, -0.2) is 4.79 Å². The lowest BCUT2D eigenvalue weighted by Crippen LogP contribution is -2.50. The first-order chi connectivity index (χ1) is 13.3. The SMILES string of the molecule is CC(C)[C@@](C)(C#N)NC(=O)COC(=O)c1ccccc1NC(=O)c1ccco1. The van der Waals surface area contributed by atoms with Crippen LogP contribution in [0.25, 0.3) is 0 Å². The normalized spacial score (nSPS) is 12.5. The van der Waals surface area contributed by atoms with Crippen molar-refractivity contribution >= 4 is 23.5 Å².